The number of aromatic nitrogens is 4. The summed E-state index contributed by atoms with van der Waals surface area (Å²) in [5.74, 6) is 0.506. The van der Waals surface area contributed by atoms with E-state index >= 15 is 0 Å². The number of rotatable bonds is 2. The molecule has 1 atom stereocenters. The molecule has 0 radical (unpaired) electrons. The fourth-order valence-electron chi connectivity index (χ4n) is 4.01. The van der Waals surface area contributed by atoms with Crippen LogP contribution >= 0.6 is 0 Å². The summed E-state index contributed by atoms with van der Waals surface area (Å²) in [4.78, 5) is 15.1. The number of carbonyl (C=O) groups is 1. The van der Waals surface area contributed by atoms with Gasteiger partial charge in [0.15, 0.2) is 0 Å². The van der Waals surface area contributed by atoms with Crippen LogP contribution in [0.15, 0.2) is 12.3 Å². The third-order valence-electron chi connectivity index (χ3n) is 5.19. The summed E-state index contributed by atoms with van der Waals surface area (Å²) >= 11 is 0. The van der Waals surface area contributed by atoms with Crippen molar-refractivity contribution >= 4 is 5.91 Å². The highest BCUT2D eigenvalue weighted by Gasteiger charge is 2.31. The lowest BCUT2D eigenvalue weighted by Crippen LogP contribution is -2.40. The standard InChI is InChI=1S/C17H23N5O/c1-21-16(13-6-2-3-7-15(13)20-21)17(23)22-10-4-5-12(11-22)14-8-9-18-19-14/h8-9,12H,2-7,10-11H2,1H3,(H,18,19). The molecular weight excluding hydrogens is 290 g/mol. The second-order valence-electron chi connectivity index (χ2n) is 6.71. The van der Waals surface area contributed by atoms with E-state index < -0.39 is 0 Å². The SMILES string of the molecule is Cn1nc2c(c1C(=O)N1CCCC(c3ccn[nH]3)C1)CCCC2. The minimum absolute atomic E-state index is 0.146. The quantitative estimate of drug-likeness (QED) is 0.922. The number of amides is 1. The van der Waals surface area contributed by atoms with E-state index in [1.54, 1.807) is 10.9 Å². The number of hydrogen-bond acceptors (Lipinski definition) is 3. The molecule has 6 heteroatoms. The van der Waals surface area contributed by atoms with Crippen molar-refractivity contribution in [3.63, 3.8) is 0 Å². The topological polar surface area (TPSA) is 66.8 Å². The van der Waals surface area contributed by atoms with E-state index in [-0.39, 0.29) is 5.91 Å². The van der Waals surface area contributed by atoms with Crippen molar-refractivity contribution in [3.05, 3.63) is 34.9 Å². The second kappa shape index (κ2) is 5.83. The Hall–Kier alpha value is -2.11. The molecule has 3 heterocycles. The summed E-state index contributed by atoms with van der Waals surface area (Å²) in [5.41, 5.74) is 4.26. The summed E-state index contributed by atoms with van der Waals surface area (Å²) in [7, 11) is 1.90. The van der Waals surface area contributed by atoms with E-state index in [2.05, 4.69) is 15.3 Å². The third-order valence-corrected chi connectivity index (χ3v) is 5.19. The summed E-state index contributed by atoms with van der Waals surface area (Å²) in [6.45, 7) is 1.60. The van der Waals surface area contributed by atoms with Gasteiger partial charge in [0, 0.05) is 43.5 Å². The van der Waals surface area contributed by atoms with E-state index in [1.807, 2.05) is 18.0 Å². The Morgan fingerprint density at radius 3 is 3.00 bits per heavy atom. The van der Waals surface area contributed by atoms with Gasteiger partial charge in [0.2, 0.25) is 0 Å². The molecule has 23 heavy (non-hydrogen) atoms. The van der Waals surface area contributed by atoms with Crippen LogP contribution in [0.3, 0.4) is 0 Å². The van der Waals surface area contributed by atoms with E-state index in [4.69, 9.17) is 0 Å². The lowest BCUT2D eigenvalue weighted by molar-refractivity contribution is 0.0693. The van der Waals surface area contributed by atoms with Crippen LogP contribution in [0.25, 0.3) is 0 Å². The summed E-state index contributed by atoms with van der Waals surface area (Å²) < 4.78 is 1.80. The summed E-state index contributed by atoms with van der Waals surface area (Å²) in [6, 6.07) is 2.02. The zero-order chi connectivity index (χ0) is 15.8. The van der Waals surface area contributed by atoms with Crippen molar-refractivity contribution in [1.82, 2.24) is 24.9 Å². The summed E-state index contributed by atoms with van der Waals surface area (Å²) in [5, 5.41) is 11.7. The van der Waals surface area contributed by atoms with Crippen molar-refractivity contribution in [2.45, 2.75) is 44.4 Å². The fourth-order valence-corrected chi connectivity index (χ4v) is 4.01. The van der Waals surface area contributed by atoms with Crippen LogP contribution in [0.4, 0.5) is 0 Å². The van der Waals surface area contributed by atoms with Gasteiger partial charge < -0.3 is 4.90 Å². The van der Waals surface area contributed by atoms with Crippen molar-refractivity contribution in [2.24, 2.45) is 7.05 Å². The number of fused-ring (bicyclic) bond motifs is 1. The molecule has 0 saturated carbocycles. The number of carbonyl (C=O) groups excluding carboxylic acids is 1. The van der Waals surface area contributed by atoms with Crippen LogP contribution in [-0.4, -0.2) is 43.9 Å². The lowest BCUT2D eigenvalue weighted by Gasteiger charge is -2.32. The minimum Gasteiger partial charge on any atom is -0.337 e. The highest BCUT2D eigenvalue weighted by atomic mass is 16.2. The van der Waals surface area contributed by atoms with Gasteiger partial charge in [0.1, 0.15) is 5.69 Å². The van der Waals surface area contributed by atoms with E-state index in [0.29, 0.717) is 5.92 Å². The molecule has 4 rings (SSSR count). The number of aryl methyl sites for hydroxylation is 2. The highest BCUT2D eigenvalue weighted by Crippen LogP contribution is 2.29. The van der Waals surface area contributed by atoms with Crippen LogP contribution in [0.2, 0.25) is 0 Å². The first-order valence-electron chi connectivity index (χ1n) is 8.57. The third kappa shape index (κ3) is 2.56. The monoisotopic (exact) mass is 313 g/mol. The number of aromatic amines is 1. The van der Waals surface area contributed by atoms with Crippen LogP contribution in [0, 0.1) is 0 Å². The van der Waals surface area contributed by atoms with Gasteiger partial charge in [-0.1, -0.05) is 0 Å². The Labute approximate surface area is 135 Å². The van der Waals surface area contributed by atoms with Gasteiger partial charge in [0.05, 0.1) is 5.69 Å². The van der Waals surface area contributed by atoms with Crippen molar-refractivity contribution in [2.75, 3.05) is 13.1 Å². The number of nitrogens with one attached hydrogen (secondary N) is 1. The molecular formula is C17H23N5O. The van der Waals surface area contributed by atoms with E-state index in [0.717, 1.165) is 62.3 Å². The molecule has 2 aromatic rings. The first-order valence-corrected chi connectivity index (χ1v) is 8.57. The van der Waals surface area contributed by atoms with Gasteiger partial charge in [-0.25, -0.2) is 0 Å². The van der Waals surface area contributed by atoms with Gasteiger partial charge in [-0.2, -0.15) is 10.2 Å². The van der Waals surface area contributed by atoms with Crippen LogP contribution < -0.4 is 0 Å². The van der Waals surface area contributed by atoms with E-state index in [9.17, 15) is 4.79 Å². The Morgan fingerprint density at radius 1 is 1.30 bits per heavy atom. The lowest BCUT2D eigenvalue weighted by atomic mass is 9.93. The molecule has 1 fully saturated rings. The van der Waals surface area contributed by atoms with Crippen LogP contribution in [-0.2, 0) is 19.9 Å². The van der Waals surface area contributed by atoms with Gasteiger partial charge in [-0.3, -0.25) is 14.6 Å². The molecule has 1 aliphatic heterocycles. The minimum atomic E-state index is 0.146. The molecule has 1 saturated heterocycles. The molecule has 2 aromatic heterocycles. The average Bonchev–Trinajstić information content (AvgIpc) is 3.21. The number of likely N-dealkylation sites (tertiary alicyclic amines) is 1. The smallest absolute Gasteiger partial charge is 0.272 e. The van der Waals surface area contributed by atoms with Crippen molar-refractivity contribution < 1.29 is 4.79 Å². The predicted molar refractivity (Wildman–Crippen MR) is 86.3 cm³/mol. The maximum Gasteiger partial charge on any atom is 0.272 e. The Morgan fingerprint density at radius 2 is 2.17 bits per heavy atom. The molecule has 1 amide bonds. The van der Waals surface area contributed by atoms with Crippen molar-refractivity contribution in [3.8, 4) is 0 Å². The Balaban J connectivity index is 1.58. The second-order valence-corrected chi connectivity index (χ2v) is 6.71. The molecule has 0 bridgehead atoms. The Kier molecular flexibility index (Phi) is 3.67. The van der Waals surface area contributed by atoms with Gasteiger partial charge in [-0.05, 0) is 44.6 Å². The molecule has 6 nitrogen and oxygen atoms in total. The maximum absolute atomic E-state index is 13.1. The highest BCUT2D eigenvalue weighted by molar-refractivity contribution is 5.94. The number of H-pyrrole nitrogens is 1. The number of hydrogen-bond donors (Lipinski definition) is 1. The molecule has 122 valence electrons. The van der Waals surface area contributed by atoms with Gasteiger partial charge in [0.25, 0.3) is 5.91 Å². The predicted octanol–water partition coefficient (Wildman–Crippen LogP) is 2.04. The molecule has 0 aromatic carbocycles. The van der Waals surface area contributed by atoms with Gasteiger partial charge in [-0.15, -0.1) is 0 Å². The zero-order valence-corrected chi connectivity index (χ0v) is 13.6. The normalized spacial score (nSPS) is 21.3. The zero-order valence-electron chi connectivity index (χ0n) is 13.6. The molecule has 2 aliphatic rings. The van der Waals surface area contributed by atoms with Gasteiger partial charge >= 0.3 is 0 Å². The molecule has 1 N–H and O–H groups in total. The average molecular weight is 313 g/mol. The number of piperidine rings is 1. The summed E-state index contributed by atoms with van der Waals surface area (Å²) in [6.07, 6.45) is 8.27. The first kappa shape index (κ1) is 14.5. The molecule has 1 unspecified atom stereocenters. The number of nitrogens with zero attached hydrogens (tertiary/aromatic N) is 4. The van der Waals surface area contributed by atoms with E-state index in [1.165, 1.54) is 12.0 Å². The van der Waals surface area contributed by atoms with Crippen molar-refractivity contribution in [1.29, 1.82) is 0 Å². The Bertz CT molecular complexity index is 703. The largest absolute Gasteiger partial charge is 0.337 e. The fraction of sp³-hybridized carbons (Fsp3) is 0.588. The first-order chi connectivity index (χ1) is 11.2. The van der Waals surface area contributed by atoms with Crippen LogP contribution in [0.5, 0.6) is 0 Å². The maximum atomic E-state index is 13.1. The molecule has 0 spiro atoms. The van der Waals surface area contributed by atoms with Crippen LogP contribution in [0.1, 0.15) is 59.0 Å². The molecule has 1 aliphatic carbocycles.